The summed E-state index contributed by atoms with van der Waals surface area (Å²) in [6.45, 7) is 4.41. The topological polar surface area (TPSA) is 63.1 Å². The highest BCUT2D eigenvalue weighted by atomic mass is 16.2. The minimum Gasteiger partial charge on any atom is -0.350 e. The van der Waals surface area contributed by atoms with Crippen LogP contribution in [0.3, 0.4) is 0 Å². The molecule has 1 N–H and O–H groups in total. The summed E-state index contributed by atoms with van der Waals surface area (Å²) in [6, 6.07) is 25.2. The Hall–Kier alpha value is -3.51. The number of nitrogens with one attached hydrogen (secondary N) is 1. The van der Waals surface area contributed by atoms with Gasteiger partial charge in [0, 0.05) is 13.1 Å². The maximum Gasteiger partial charge on any atom is 0.273 e. The van der Waals surface area contributed by atoms with E-state index in [4.69, 9.17) is 0 Å². The van der Waals surface area contributed by atoms with E-state index in [0.29, 0.717) is 24.7 Å². The Morgan fingerprint density at radius 1 is 0.879 bits per heavy atom. The van der Waals surface area contributed by atoms with Gasteiger partial charge in [-0.1, -0.05) is 71.9 Å². The van der Waals surface area contributed by atoms with Crippen LogP contribution in [0.2, 0.25) is 0 Å². The maximum absolute atomic E-state index is 12.6. The Labute approximate surface area is 194 Å². The normalized spacial score (nSPS) is 15.0. The standard InChI is InChI=1S/C27H29N5O/c33-27(28-17-21-12-14-31(15-13-21)18-22-6-2-1-3-7-22)26-20-32(30-29-26)19-23-10-11-24-8-4-5-9-25(24)16-23/h1-11,16,20-21H,12-15,17-19H2,(H,28,33). The summed E-state index contributed by atoms with van der Waals surface area (Å²) in [5.41, 5.74) is 2.86. The number of benzene rings is 3. The fraction of sp³-hybridized carbons (Fsp3) is 0.296. The third-order valence-electron chi connectivity index (χ3n) is 6.44. The van der Waals surface area contributed by atoms with E-state index in [1.807, 2.05) is 12.1 Å². The van der Waals surface area contributed by atoms with Crippen LogP contribution in [0.15, 0.2) is 79.0 Å². The van der Waals surface area contributed by atoms with E-state index in [2.05, 4.69) is 81.2 Å². The smallest absolute Gasteiger partial charge is 0.273 e. The van der Waals surface area contributed by atoms with Gasteiger partial charge < -0.3 is 5.32 Å². The molecule has 4 aromatic rings. The van der Waals surface area contributed by atoms with Crippen molar-refractivity contribution in [1.82, 2.24) is 25.2 Å². The Bertz CT molecular complexity index is 1210. The molecule has 0 unspecified atom stereocenters. The van der Waals surface area contributed by atoms with E-state index >= 15 is 0 Å². The number of nitrogens with zero attached hydrogens (tertiary/aromatic N) is 4. The molecule has 0 radical (unpaired) electrons. The third-order valence-corrected chi connectivity index (χ3v) is 6.44. The van der Waals surface area contributed by atoms with Crippen LogP contribution >= 0.6 is 0 Å². The highest BCUT2D eigenvalue weighted by molar-refractivity contribution is 5.91. The van der Waals surface area contributed by atoms with Gasteiger partial charge in [-0.25, -0.2) is 4.68 Å². The zero-order valence-corrected chi connectivity index (χ0v) is 18.7. The van der Waals surface area contributed by atoms with Gasteiger partial charge in [-0.15, -0.1) is 5.10 Å². The van der Waals surface area contributed by atoms with E-state index in [9.17, 15) is 4.79 Å². The fourth-order valence-corrected chi connectivity index (χ4v) is 4.52. The molecule has 0 atom stereocenters. The quantitative estimate of drug-likeness (QED) is 0.471. The molecule has 1 saturated heterocycles. The molecular formula is C27H29N5O. The van der Waals surface area contributed by atoms with Crippen molar-refractivity contribution in [3.63, 3.8) is 0 Å². The number of carbonyl (C=O) groups excluding carboxylic acids is 1. The Morgan fingerprint density at radius 2 is 1.64 bits per heavy atom. The largest absolute Gasteiger partial charge is 0.350 e. The van der Waals surface area contributed by atoms with Gasteiger partial charge in [0.05, 0.1) is 12.7 Å². The minimum atomic E-state index is -0.147. The number of hydrogen-bond acceptors (Lipinski definition) is 4. The van der Waals surface area contributed by atoms with Crippen molar-refractivity contribution in [2.75, 3.05) is 19.6 Å². The second kappa shape index (κ2) is 9.96. The molecule has 1 aliphatic rings. The number of rotatable bonds is 7. The lowest BCUT2D eigenvalue weighted by molar-refractivity contribution is 0.0930. The van der Waals surface area contributed by atoms with Crippen molar-refractivity contribution in [1.29, 1.82) is 0 Å². The second-order valence-corrected chi connectivity index (χ2v) is 8.90. The van der Waals surface area contributed by atoms with Gasteiger partial charge in [-0.2, -0.15) is 0 Å². The monoisotopic (exact) mass is 439 g/mol. The molecule has 5 rings (SSSR count). The molecular weight excluding hydrogens is 410 g/mol. The van der Waals surface area contributed by atoms with Crippen molar-refractivity contribution in [3.8, 4) is 0 Å². The lowest BCUT2D eigenvalue weighted by atomic mass is 9.96. The number of amides is 1. The van der Waals surface area contributed by atoms with E-state index in [-0.39, 0.29) is 5.91 Å². The molecule has 2 heterocycles. The highest BCUT2D eigenvalue weighted by Crippen LogP contribution is 2.19. The highest BCUT2D eigenvalue weighted by Gasteiger charge is 2.20. The van der Waals surface area contributed by atoms with Gasteiger partial charge in [0.25, 0.3) is 5.91 Å². The summed E-state index contributed by atoms with van der Waals surface area (Å²) in [4.78, 5) is 15.1. The van der Waals surface area contributed by atoms with E-state index in [1.165, 1.54) is 16.3 Å². The van der Waals surface area contributed by atoms with E-state index < -0.39 is 0 Å². The van der Waals surface area contributed by atoms with Gasteiger partial charge >= 0.3 is 0 Å². The van der Waals surface area contributed by atoms with E-state index in [1.54, 1.807) is 10.9 Å². The first-order chi connectivity index (χ1) is 16.2. The molecule has 6 nitrogen and oxygen atoms in total. The second-order valence-electron chi connectivity index (χ2n) is 8.90. The van der Waals surface area contributed by atoms with Crippen molar-refractivity contribution in [2.45, 2.75) is 25.9 Å². The van der Waals surface area contributed by atoms with Crippen LogP contribution in [0.1, 0.15) is 34.5 Å². The molecule has 168 valence electrons. The number of hydrogen-bond donors (Lipinski definition) is 1. The Balaban J connectivity index is 1.09. The number of fused-ring (bicyclic) bond motifs is 1. The minimum absolute atomic E-state index is 0.147. The fourth-order valence-electron chi connectivity index (χ4n) is 4.52. The molecule has 6 heteroatoms. The summed E-state index contributed by atoms with van der Waals surface area (Å²) in [7, 11) is 0. The molecule has 33 heavy (non-hydrogen) atoms. The van der Waals surface area contributed by atoms with Gasteiger partial charge in [-0.3, -0.25) is 9.69 Å². The first-order valence-electron chi connectivity index (χ1n) is 11.7. The van der Waals surface area contributed by atoms with Gasteiger partial charge in [0.15, 0.2) is 5.69 Å². The van der Waals surface area contributed by atoms with Gasteiger partial charge in [0.1, 0.15) is 0 Å². The van der Waals surface area contributed by atoms with Crippen molar-refractivity contribution in [2.24, 2.45) is 5.92 Å². The van der Waals surface area contributed by atoms with Gasteiger partial charge in [0.2, 0.25) is 0 Å². The van der Waals surface area contributed by atoms with Crippen LogP contribution in [0.5, 0.6) is 0 Å². The summed E-state index contributed by atoms with van der Waals surface area (Å²) in [5.74, 6) is 0.361. The summed E-state index contributed by atoms with van der Waals surface area (Å²) >= 11 is 0. The van der Waals surface area contributed by atoms with Crippen LogP contribution in [0.25, 0.3) is 10.8 Å². The summed E-state index contributed by atoms with van der Waals surface area (Å²) < 4.78 is 1.72. The van der Waals surface area contributed by atoms with Crippen molar-refractivity contribution < 1.29 is 4.79 Å². The van der Waals surface area contributed by atoms with Crippen molar-refractivity contribution >= 4 is 16.7 Å². The first kappa shape index (κ1) is 21.3. The SMILES string of the molecule is O=C(NCC1CCN(Cc2ccccc2)CC1)c1cn(Cc2ccc3ccccc3c2)nn1. The molecule has 0 saturated carbocycles. The van der Waals surface area contributed by atoms with Crippen LogP contribution in [0.4, 0.5) is 0 Å². The summed E-state index contributed by atoms with van der Waals surface area (Å²) in [5, 5.41) is 13.7. The molecule has 0 aliphatic carbocycles. The Kier molecular flexibility index (Phi) is 6.44. The first-order valence-corrected chi connectivity index (χ1v) is 11.7. The summed E-state index contributed by atoms with van der Waals surface area (Å²) in [6.07, 6.45) is 3.93. The average Bonchev–Trinajstić information content (AvgIpc) is 3.32. The lowest BCUT2D eigenvalue weighted by Crippen LogP contribution is -2.38. The predicted octanol–water partition coefficient (Wildman–Crippen LogP) is 4.12. The molecule has 1 fully saturated rings. The maximum atomic E-state index is 12.6. The molecule has 1 aromatic heterocycles. The predicted molar refractivity (Wildman–Crippen MR) is 130 cm³/mol. The molecule has 0 spiro atoms. The van der Waals surface area contributed by atoms with Crippen molar-refractivity contribution in [3.05, 3.63) is 95.8 Å². The van der Waals surface area contributed by atoms with Crippen LogP contribution in [-0.2, 0) is 13.1 Å². The number of piperidine rings is 1. The van der Waals surface area contributed by atoms with Crippen LogP contribution < -0.4 is 5.32 Å². The zero-order chi connectivity index (χ0) is 22.5. The zero-order valence-electron chi connectivity index (χ0n) is 18.7. The number of likely N-dealkylation sites (tertiary alicyclic amines) is 1. The molecule has 1 aliphatic heterocycles. The van der Waals surface area contributed by atoms with E-state index in [0.717, 1.165) is 38.0 Å². The van der Waals surface area contributed by atoms with Crippen LogP contribution in [0, 0.1) is 5.92 Å². The average molecular weight is 440 g/mol. The van der Waals surface area contributed by atoms with Gasteiger partial charge in [-0.05, 0) is 59.8 Å². The number of carbonyl (C=O) groups is 1. The molecule has 3 aromatic carbocycles. The molecule has 1 amide bonds. The molecule has 0 bridgehead atoms. The number of aromatic nitrogens is 3. The Morgan fingerprint density at radius 3 is 2.45 bits per heavy atom. The van der Waals surface area contributed by atoms with Crippen LogP contribution in [-0.4, -0.2) is 45.4 Å². The third kappa shape index (κ3) is 5.46. The lowest BCUT2D eigenvalue weighted by Gasteiger charge is -2.32.